The number of rotatable bonds is 9. The number of ether oxygens (including phenoxy) is 1. The lowest BCUT2D eigenvalue weighted by Crippen LogP contribution is -2.37. The van der Waals surface area contributed by atoms with E-state index in [1.807, 2.05) is 30.3 Å². The topological polar surface area (TPSA) is 75.7 Å². The molecule has 2 aromatic carbocycles. The van der Waals surface area contributed by atoms with E-state index in [-0.39, 0.29) is 5.91 Å². The van der Waals surface area contributed by atoms with Crippen LogP contribution in [-0.2, 0) is 14.8 Å². The van der Waals surface area contributed by atoms with Crippen molar-refractivity contribution in [2.75, 3.05) is 29.9 Å². The summed E-state index contributed by atoms with van der Waals surface area (Å²) in [5, 5.41) is 2.85. The molecule has 0 heterocycles. The third-order valence-corrected chi connectivity index (χ3v) is 6.01. The molecule has 0 spiro atoms. The fourth-order valence-corrected chi connectivity index (χ4v) is 3.48. The fourth-order valence-electron chi connectivity index (χ4n) is 2.19. The molecule has 1 amide bonds. The van der Waals surface area contributed by atoms with Gasteiger partial charge in [-0.2, -0.15) is 0 Å². The molecule has 6 nitrogen and oxygen atoms in total. The minimum absolute atomic E-state index is 0.194. The molecule has 0 saturated heterocycles. The highest BCUT2D eigenvalue weighted by molar-refractivity contribution is 7.99. The number of sulfonamides is 1. The number of hydrogen-bond donors (Lipinski definition) is 1. The summed E-state index contributed by atoms with van der Waals surface area (Å²) in [4.78, 5) is 13.3. The van der Waals surface area contributed by atoms with E-state index in [1.54, 1.807) is 43.0 Å². The van der Waals surface area contributed by atoms with Gasteiger partial charge >= 0.3 is 0 Å². The zero-order valence-corrected chi connectivity index (χ0v) is 17.2. The molecular weight excluding hydrogens is 384 g/mol. The van der Waals surface area contributed by atoms with Crippen molar-refractivity contribution in [3.05, 3.63) is 54.6 Å². The van der Waals surface area contributed by atoms with Crippen LogP contribution in [0, 0.1) is 0 Å². The second kappa shape index (κ2) is 9.66. The highest BCUT2D eigenvalue weighted by Gasteiger charge is 2.15. The van der Waals surface area contributed by atoms with Crippen LogP contribution in [-0.4, -0.2) is 46.0 Å². The summed E-state index contributed by atoms with van der Waals surface area (Å²) in [6.07, 6.45) is 0.491. The van der Waals surface area contributed by atoms with Gasteiger partial charge in [0, 0.05) is 24.2 Å². The van der Waals surface area contributed by atoms with Crippen molar-refractivity contribution in [3.63, 3.8) is 0 Å². The van der Waals surface area contributed by atoms with Crippen LogP contribution in [0.15, 0.2) is 59.5 Å². The maximum Gasteiger partial charge on any atom is 0.260 e. The van der Waals surface area contributed by atoms with E-state index >= 15 is 0 Å². The molecule has 0 bridgehead atoms. The first-order chi connectivity index (χ1) is 12.8. The molecule has 8 heteroatoms. The van der Waals surface area contributed by atoms with Gasteiger partial charge in [-0.15, -0.1) is 11.8 Å². The predicted molar refractivity (Wildman–Crippen MR) is 110 cm³/mol. The van der Waals surface area contributed by atoms with Crippen LogP contribution < -0.4 is 14.4 Å². The summed E-state index contributed by atoms with van der Waals surface area (Å²) in [6, 6.07) is 16.6. The Morgan fingerprint density at radius 1 is 1.15 bits per heavy atom. The zero-order valence-electron chi connectivity index (χ0n) is 15.6. The van der Waals surface area contributed by atoms with Crippen LogP contribution in [0.2, 0.25) is 0 Å². The van der Waals surface area contributed by atoms with Crippen molar-refractivity contribution in [2.45, 2.75) is 17.9 Å². The van der Waals surface area contributed by atoms with Crippen LogP contribution >= 0.6 is 11.8 Å². The van der Waals surface area contributed by atoms with Crippen LogP contribution in [0.4, 0.5) is 5.69 Å². The monoisotopic (exact) mass is 408 g/mol. The van der Waals surface area contributed by atoms with Gasteiger partial charge in [0.2, 0.25) is 10.0 Å². The van der Waals surface area contributed by atoms with Crippen LogP contribution in [0.1, 0.15) is 6.92 Å². The smallest absolute Gasteiger partial charge is 0.260 e. The summed E-state index contributed by atoms with van der Waals surface area (Å²) in [5.74, 6) is 1.08. The molecule has 0 fully saturated rings. The van der Waals surface area contributed by atoms with E-state index < -0.39 is 16.1 Å². The molecule has 0 aliphatic heterocycles. The van der Waals surface area contributed by atoms with Gasteiger partial charge in [-0.1, -0.05) is 18.2 Å². The molecule has 0 radical (unpaired) electrons. The van der Waals surface area contributed by atoms with Gasteiger partial charge in [0.25, 0.3) is 5.91 Å². The maximum atomic E-state index is 12.1. The molecule has 0 aliphatic carbocycles. The summed E-state index contributed by atoms with van der Waals surface area (Å²) in [7, 11) is -1.83. The number of hydrogen-bond acceptors (Lipinski definition) is 5. The number of carbonyl (C=O) groups is 1. The lowest BCUT2D eigenvalue weighted by atomic mass is 10.3. The molecule has 0 saturated carbocycles. The molecule has 2 aromatic rings. The van der Waals surface area contributed by atoms with Crippen LogP contribution in [0.5, 0.6) is 5.75 Å². The van der Waals surface area contributed by atoms with E-state index in [9.17, 15) is 13.2 Å². The minimum atomic E-state index is -3.31. The number of benzene rings is 2. The summed E-state index contributed by atoms with van der Waals surface area (Å²) in [5.41, 5.74) is 0.528. The molecular formula is C19H24N2O4S2. The number of nitrogens with one attached hydrogen (secondary N) is 1. The number of amides is 1. The van der Waals surface area contributed by atoms with Crippen LogP contribution in [0.25, 0.3) is 0 Å². The standard InChI is InChI=1S/C19H24N2O4S2/c1-15(19(22)20-13-14-26-18-7-5-4-6-8-18)25-17-11-9-16(10-12-17)21(2)27(3,23)24/h4-12,15H,13-14H2,1-3H3,(H,20,22)/t15-/m1/s1. The molecule has 1 N–H and O–H groups in total. The summed E-state index contributed by atoms with van der Waals surface area (Å²) >= 11 is 1.68. The van der Waals surface area contributed by atoms with E-state index in [0.29, 0.717) is 18.0 Å². The molecule has 0 aliphatic rings. The fraction of sp³-hybridized carbons (Fsp3) is 0.316. The number of carbonyl (C=O) groups excluding carboxylic acids is 1. The predicted octanol–water partition coefficient (Wildman–Crippen LogP) is 2.76. The van der Waals surface area contributed by atoms with E-state index in [4.69, 9.17) is 4.74 Å². The molecule has 146 valence electrons. The van der Waals surface area contributed by atoms with Crippen molar-refractivity contribution in [1.82, 2.24) is 5.32 Å². The Hall–Kier alpha value is -2.19. The first kappa shape index (κ1) is 21.1. The lowest BCUT2D eigenvalue weighted by molar-refractivity contribution is -0.127. The quantitative estimate of drug-likeness (QED) is 0.510. The van der Waals surface area contributed by atoms with Gasteiger partial charge in [-0.3, -0.25) is 9.10 Å². The number of thioether (sulfide) groups is 1. The van der Waals surface area contributed by atoms with Crippen molar-refractivity contribution in [3.8, 4) is 5.75 Å². The molecule has 0 aromatic heterocycles. The SMILES string of the molecule is C[C@@H](Oc1ccc(N(C)S(C)(=O)=O)cc1)C(=O)NCCSc1ccccc1. The molecule has 1 atom stereocenters. The molecule has 0 unspecified atom stereocenters. The molecule has 2 rings (SSSR count). The van der Waals surface area contributed by atoms with Gasteiger partial charge in [0.05, 0.1) is 11.9 Å². The Bertz CT molecular complexity index is 840. The van der Waals surface area contributed by atoms with Gasteiger partial charge in [0.1, 0.15) is 5.75 Å². The third-order valence-electron chi connectivity index (χ3n) is 3.79. The average Bonchev–Trinajstić information content (AvgIpc) is 2.65. The van der Waals surface area contributed by atoms with Crippen LogP contribution in [0.3, 0.4) is 0 Å². The van der Waals surface area contributed by atoms with Crippen molar-refractivity contribution in [2.24, 2.45) is 0 Å². The minimum Gasteiger partial charge on any atom is -0.481 e. The van der Waals surface area contributed by atoms with E-state index in [0.717, 1.165) is 16.9 Å². The number of nitrogens with zero attached hydrogens (tertiary/aromatic N) is 1. The van der Waals surface area contributed by atoms with Crippen molar-refractivity contribution >= 4 is 33.4 Å². The van der Waals surface area contributed by atoms with Crippen molar-refractivity contribution < 1.29 is 17.9 Å². The van der Waals surface area contributed by atoms with Gasteiger partial charge < -0.3 is 10.1 Å². The first-order valence-corrected chi connectivity index (χ1v) is 11.3. The Balaban J connectivity index is 1.78. The van der Waals surface area contributed by atoms with Gasteiger partial charge in [-0.25, -0.2) is 8.42 Å². The Labute approximate surface area is 165 Å². The maximum absolute atomic E-state index is 12.1. The Kier molecular flexibility index (Phi) is 7.55. The highest BCUT2D eigenvalue weighted by Crippen LogP contribution is 2.21. The first-order valence-electron chi connectivity index (χ1n) is 8.43. The second-order valence-electron chi connectivity index (χ2n) is 5.94. The largest absolute Gasteiger partial charge is 0.481 e. The number of anilines is 1. The van der Waals surface area contributed by atoms with Gasteiger partial charge in [-0.05, 0) is 43.3 Å². The summed E-state index contributed by atoms with van der Waals surface area (Å²) in [6.45, 7) is 2.22. The lowest BCUT2D eigenvalue weighted by Gasteiger charge is -2.18. The van der Waals surface area contributed by atoms with Gasteiger partial charge in [0.15, 0.2) is 6.10 Å². The van der Waals surface area contributed by atoms with E-state index in [1.165, 1.54) is 11.4 Å². The Morgan fingerprint density at radius 3 is 2.37 bits per heavy atom. The average molecular weight is 409 g/mol. The van der Waals surface area contributed by atoms with E-state index in [2.05, 4.69) is 5.32 Å². The molecule has 27 heavy (non-hydrogen) atoms. The summed E-state index contributed by atoms with van der Waals surface area (Å²) < 4.78 is 29.9. The zero-order chi connectivity index (χ0) is 19.9. The normalized spacial score (nSPS) is 12.3. The van der Waals surface area contributed by atoms with Crippen molar-refractivity contribution in [1.29, 1.82) is 0 Å². The third kappa shape index (κ3) is 6.80. The Morgan fingerprint density at radius 2 is 1.78 bits per heavy atom. The highest BCUT2D eigenvalue weighted by atomic mass is 32.2. The second-order valence-corrected chi connectivity index (χ2v) is 9.12.